The van der Waals surface area contributed by atoms with Crippen LogP contribution in [-0.4, -0.2) is 22.4 Å². The van der Waals surface area contributed by atoms with Crippen LogP contribution in [0.5, 0.6) is 23.0 Å². The van der Waals surface area contributed by atoms with E-state index in [2.05, 4.69) is 98.8 Å². The van der Waals surface area contributed by atoms with Crippen molar-refractivity contribution in [2.75, 3.05) is 0 Å². The van der Waals surface area contributed by atoms with E-state index in [0.717, 1.165) is 133 Å². The Morgan fingerprint density at radius 1 is 0.375 bits per heavy atom. The van der Waals surface area contributed by atoms with Crippen LogP contribution >= 0.6 is 0 Å². The number of hydrogen-bond acceptors (Lipinski definition) is 4. The Labute approximate surface area is 380 Å². The van der Waals surface area contributed by atoms with Crippen LogP contribution in [0.4, 0.5) is 0 Å². The number of phenols is 2. The summed E-state index contributed by atoms with van der Waals surface area (Å²) in [5.41, 5.74) is 22.4. The van der Waals surface area contributed by atoms with Crippen LogP contribution in [0.2, 0.25) is 0 Å². The molecule has 1 fully saturated rings. The molecule has 4 nitrogen and oxygen atoms in total. The Hall–Kier alpha value is -5.48. The first-order valence-electron chi connectivity index (χ1n) is 24.9. The molecule has 0 bridgehead atoms. The third kappa shape index (κ3) is 7.69. The fraction of sp³-hybridized carbons (Fsp3) is 0.400. The second-order valence-electron chi connectivity index (χ2n) is 19.9. The summed E-state index contributed by atoms with van der Waals surface area (Å²) in [6, 6.07) is 30.4. The van der Waals surface area contributed by atoms with Gasteiger partial charge in [0.2, 0.25) is 0 Å². The van der Waals surface area contributed by atoms with E-state index in [1.165, 1.54) is 107 Å². The Bertz CT molecular complexity index is 2490. The van der Waals surface area contributed by atoms with Gasteiger partial charge in [0.1, 0.15) is 23.0 Å². The lowest BCUT2D eigenvalue weighted by Crippen LogP contribution is -2.30. The molecular weight excluding hydrogens is 785 g/mol. The maximum absolute atomic E-state index is 12.3. The maximum atomic E-state index is 12.3. The molecule has 5 aliphatic carbocycles. The Morgan fingerprint density at radius 2 is 0.688 bits per heavy atom. The zero-order chi connectivity index (χ0) is 43.3. The number of ether oxygens (including phenoxy) is 2. The summed E-state index contributed by atoms with van der Waals surface area (Å²) in [5.74, 6) is 2.40. The molecule has 2 N–H and O–H groups in total. The number of rotatable bonds is 8. The quantitative estimate of drug-likeness (QED) is 0.160. The molecule has 11 rings (SSSR count). The molecule has 1 saturated carbocycles. The minimum absolute atomic E-state index is 0.0435. The normalized spacial score (nSPS) is 19.2. The number of aromatic hydroxyl groups is 2. The number of fused-ring (bicyclic) bond motifs is 4. The number of benzene rings is 6. The predicted molar refractivity (Wildman–Crippen MR) is 261 cm³/mol. The predicted octanol–water partition coefficient (Wildman–Crippen LogP) is 14.7. The average Bonchev–Trinajstić information content (AvgIpc) is 3.32. The van der Waals surface area contributed by atoms with Gasteiger partial charge in [-0.2, -0.15) is 0 Å². The standard InChI is InChI=1S/C60H64O4/c1-37-31-51(59(61)53(33-37)57-45-19-7-3-15-39(45)35-40-16-4-8-20-46(40)57)49-23-11-13-25-55(49)63-43-27-29-44(30-28-43)64-56-26-14-12-24-50(56)52-32-38(2)34-54(60(52)62)58-47-21-9-5-17-41(47)36-42-18-6-10-22-48(42)58/h11-14,23-26,31-36,43-44,61-62H,3-10,15-22,27-30H2,1-2H3. The molecule has 0 amide bonds. The third-order valence-corrected chi connectivity index (χ3v) is 15.6. The van der Waals surface area contributed by atoms with Gasteiger partial charge < -0.3 is 19.7 Å². The second kappa shape index (κ2) is 17.5. The Kier molecular flexibility index (Phi) is 11.3. The monoisotopic (exact) mass is 848 g/mol. The molecule has 0 atom stereocenters. The van der Waals surface area contributed by atoms with Gasteiger partial charge in [0.15, 0.2) is 0 Å². The van der Waals surface area contributed by atoms with E-state index in [1.54, 1.807) is 0 Å². The van der Waals surface area contributed by atoms with Crippen LogP contribution < -0.4 is 9.47 Å². The van der Waals surface area contributed by atoms with Crippen molar-refractivity contribution in [3.8, 4) is 67.5 Å². The van der Waals surface area contributed by atoms with Gasteiger partial charge in [-0.1, -0.05) is 48.5 Å². The van der Waals surface area contributed by atoms with E-state index in [-0.39, 0.29) is 12.2 Å². The van der Waals surface area contributed by atoms with Crippen LogP contribution in [0.1, 0.15) is 133 Å². The van der Waals surface area contributed by atoms with Crippen LogP contribution in [-0.2, 0) is 51.4 Å². The topological polar surface area (TPSA) is 58.9 Å². The summed E-state index contributed by atoms with van der Waals surface area (Å²) in [7, 11) is 0. The Morgan fingerprint density at radius 3 is 1.05 bits per heavy atom. The molecule has 0 aliphatic heterocycles. The zero-order valence-electron chi connectivity index (χ0n) is 38.1. The molecule has 6 aromatic rings. The fourth-order valence-electron chi connectivity index (χ4n) is 12.5. The van der Waals surface area contributed by atoms with Crippen LogP contribution in [0.15, 0.2) is 84.9 Å². The van der Waals surface area contributed by atoms with Crippen molar-refractivity contribution in [2.24, 2.45) is 0 Å². The summed E-state index contributed by atoms with van der Waals surface area (Å²) in [5, 5.41) is 24.7. The van der Waals surface area contributed by atoms with Crippen LogP contribution in [0.25, 0.3) is 44.5 Å². The van der Waals surface area contributed by atoms with E-state index in [9.17, 15) is 10.2 Å². The van der Waals surface area contributed by atoms with E-state index in [1.807, 2.05) is 0 Å². The van der Waals surface area contributed by atoms with Crippen molar-refractivity contribution in [3.05, 3.63) is 141 Å². The first-order chi connectivity index (χ1) is 31.4. The summed E-state index contributed by atoms with van der Waals surface area (Å²) < 4.78 is 13.8. The van der Waals surface area contributed by atoms with Gasteiger partial charge in [-0.3, -0.25) is 0 Å². The smallest absolute Gasteiger partial charge is 0.131 e. The average molecular weight is 849 g/mol. The van der Waals surface area contributed by atoms with Crippen molar-refractivity contribution in [3.63, 3.8) is 0 Å². The molecule has 0 aromatic heterocycles. The van der Waals surface area contributed by atoms with E-state index >= 15 is 0 Å². The lowest BCUT2D eigenvalue weighted by molar-refractivity contribution is 0.0813. The molecule has 64 heavy (non-hydrogen) atoms. The summed E-state index contributed by atoms with van der Waals surface area (Å²) in [6.45, 7) is 4.33. The zero-order valence-corrected chi connectivity index (χ0v) is 38.1. The molecule has 0 radical (unpaired) electrons. The van der Waals surface area contributed by atoms with Gasteiger partial charge in [0.25, 0.3) is 0 Å². The van der Waals surface area contributed by atoms with E-state index in [0.29, 0.717) is 11.5 Å². The molecule has 4 heteroatoms. The highest BCUT2D eigenvalue weighted by Crippen LogP contribution is 2.50. The van der Waals surface area contributed by atoms with Crippen molar-refractivity contribution < 1.29 is 19.7 Å². The van der Waals surface area contributed by atoms with Gasteiger partial charge in [0.05, 0.1) is 12.2 Å². The maximum Gasteiger partial charge on any atom is 0.131 e. The second-order valence-corrected chi connectivity index (χ2v) is 19.9. The molecule has 0 saturated heterocycles. The number of aryl methyl sites for hydroxylation is 6. The van der Waals surface area contributed by atoms with Crippen molar-refractivity contribution >= 4 is 0 Å². The SMILES string of the molecule is Cc1cc(-c2ccccc2OC2CCC(Oc3ccccc3-c3cc(C)cc(-c4c5c(cc6c4CCCC6)CCCC5)c3O)CC2)c(O)c(-c2c3c(cc4c2CCCC4)CCCC3)c1. The van der Waals surface area contributed by atoms with Crippen molar-refractivity contribution in [2.45, 2.75) is 154 Å². The summed E-state index contributed by atoms with van der Waals surface area (Å²) in [4.78, 5) is 0. The molecule has 5 aliphatic rings. The third-order valence-electron chi connectivity index (χ3n) is 15.6. The lowest BCUT2D eigenvalue weighted by Gasteiger charge is -2.31. The van der Waals surface area contributed by atoms with Gasteiger partial charge in [-0.05, 0) is 245 Å². The molecule has 328 valence electrons. The van der Waals surface area contributed by atoms with Crippen molar-refractivity contribution in [1.82, 2.24) is 0 Å². The van der Waals surface area contributed by atoms with Gasteiger partial charge in [-0.15, -0.1) is 0 Å². The fourth-order valence-corrected chi connectivity index (χ4v) is 12.5. The first kappa shape index (κ1) is 41.2. The summed E-state index contributed by atoms with van der Waals surface area (Å²) in [6.07, 6.45) is 22.3. The highest BCUT2D eigenvalue weighted by Gasteiger charge is 2.30. The van der Waals surface area contributed by atoms with Crippen molar-refractivity contribution in [1.29, 1.82) is 0 Å². The molecule has 0 heterocycles. The van der Waals surface area contributed by atoms with E-state index < -0.39 is 0 Å². The highest BCUT2D eigenvalue weighted by atomic mass is 16.5. The van der Waals surface area contributed by atoms with Crippen LogP contribution in [0, 0.1) is 13.8 Å². The minimum atomic E-state index is 0.0435. The molecule has 0 unspecified atom stereocenters. The summed E-state index contributed by atoms with van der Waals surface area (Å²) >= 11 is 0. The van der Waals surface area contributed by atoms with E-state index in [4.69, 9.17) is 9.47 Å². The van der Waals surface area contributed by atoms with Gasteiger partial charge in [-0.25, -0.2) is 0 Å². The number of hydrogen-bond donors (Lipinski definition) is 2. The molecule has 6 aromatic carbocycles. The Balaban J connectivity index is 0.842. The minimum Gasteiger partial charge on any atom is -0.507 e. The highest BCUT2D eigenvalue weighted by molar-refractivity contribution is 5.90. The van der Waals surface area contributed by atoms with Gasteiger partial charge >= 0.3 is 0 Å². The lowest BCUT2D eigenvalue weighted by atomic mass is 9.76. The number of para-hydroxylation sites is 2. The van der Waals surface area contributed by atoms with Gasteiger partial charge in [0, 0.05) is 33.4 Å². The van der Waals surface area contributed by atoms with Crippen LogP contribution in [0.3, 0.4) is 0 Å². The largest absolute Gasteiger partial charge is 0.507 e. The number of phenolic OH excluding ortho intramolecular Hbond substituents is 2. The molecular formula is C60H64O4. The first-order valence-corrected chi connectivity index (χ1v) is 24.9. The molecule has 0 spiro atoms.